The van der Waals surface area contributed by atoms with Gasteiger partial charge in [0.25, 0.3) is 0 Å². The third kappa shape index (κ3) is 5.11. The first kappa shape index (κ1) is 21.0. The summed E-state index contributed by atoms with van der Waals surface area (Å²) >= 11 is 1.78. The Kier molecular flexibility index (Phi) is 7.31. The summed E-state index contributed by atoms with van der Waals surface area (Å²) in [6, 6.07) is 9.81. The first-order chi connectivity index (χ1) is 12.0. The topological polar surface area (TPSA) is 68.9 Å². The standard InChI is InChI=1S/C19H25N3O2S.HI/c1-13(2)24-15-6-4-14(5-7-15)22-18(20)21-12-19(3)16-9-11-25-17(16)8-10-23-19;/h4-7,9,11,13H,8,10,12H2,1-3H3,(H3,20,21,22);1H. The Hall–Kier alpha value is -1.32. The zero-order valence-electron chi connectivity index (χ0n) is 15.3. The van der Waals surface area contributed by atoms with Crippen LogP contribution in [0, 0.1) is 0 Å². The predicted molar refractivity (Wildman–Crippen MR) is 119 cm³/mol. The van der Waals surface area contributed by atoms with E-state index in [9.17, 15) is 0 Å². The van der Waals surface area contributed by atoms with Crippen LogP contribution in [0.3, 0.4) is 0 Å². The Balaban J connectivity index is 0.00000243. The van der Waals surface area contributed by atoms with Crippen LogP contribution in [-0.4, -0.2) is 25.2 Å². The SMILES string of the molecule is CC(C)Oc1ccc(NC(N)=NCC2(C)OCCc3sccc32)cc1.I. The zero-order valence-corrected chi connectivity index (χ0v) is 18.5. The van der Waals surface area contributed by atoms with Gasteiger partial charge in [-0.3, -0.25) is 0 Å². The van der Waals surface area contributed by atoms with Crippen LogP contribution in [0.15, 0.2) is 40.7 Å². The van der Waals surface area contributed by atoms with Crippen molar-refractivity contribution < 1.29 is 9.47 Å². The number of halogens is 1. The maximum absolute atomic E-state index is 6.05. The fraction of sp³-hybridized carbons (Fsp3) is 0.421. The zero-order chi connectivity index (χ0) is 17.9. The molecular formula is C19H26IN3O2S. The molecule has 0 fully saturated rings. The fourth-order valence-corrected chi connectivity index (χ4v) is 3.88. The predicted octanol–water partition coefficient (Wildman–Crippen LogP) is 4.37. The molecule has 1 aromatic heterocycles. The highest BCUT2D eigenvalue weighted by atomic mass is 127. The van der Waals surface area contributed by atoms with E-state index in [1.54, 1.807) is 11.3 Å². The van der Waals surface area contributed by atoms with Crippen molar-refractivity contribution in [3.05, 3.63) is 46.2 Å². The molecule has 7 heteroatoms. The summed E-state index contributed by atoms with van der Waals surface area (Å²) in [6.45, 7) is 7.30. The minimum atomic E-state index is -0.408. The van der Waals surface area contributed by atoms with Crippen LogP contribution >= 0.6 is 35.3 Å². The molecule has 0 amide bonds. The first-order valence-corrected chi connectivity index (χ1v) is 9.39. The summed E-state index contributed by atoms with van der Waals surface area (Å²) in [7, 11) is 0. The fourth-order valence-electron chi connectivity index (χ4n) is 2.90. The number of fused-ring (bicyclic) bond motifs is 1. The molecule has 0 radical (unpaired) electrons. The molecule has 1 aliphatic rings. The number of rotatable bonds is 5. The highest BCUT2D eigenvalue weighted by molar-refractivity contribution is 14.0. The summed E-state index contributed by atoms with van der Waals surface area (Å²) < 4.78 is 11.6. The van der Waals surface area contributed by atoms with Gasteiger partial charge in [-0.25, -0.2) is 4.99 Å². The lowest BCUT2D eigenvalue weighted by molar-refractivity contribution is -0.0374. The Morgan fingerprint density at radius 3 is 2.77 bits per heavy atom. The van der Waals surface area contributed by atoms with Gasteiger partial charge in [-0.2, -0.15) is 0 Å². The molecule has 0 saturated carbocycles. The Morgan fingerprint density at radius 2 is 2.08 bits per heavy atom. The molecule has 2 heterocycles. The van der Waals surface area contributed by atoms with E-state index in [2.05, 4.69) is 28.7 Å². The number of nitrogens with one attached hydrogen (secondary N) is 1. The highest BCUT2D eigenvalue weighted by Crippen LogP contribution is 2.36. The summed E-state index contributed by atoms with van der Waals surface area (Å²) in [5.74, 6) is 1.22. The normalized spacial score (nSPS) is 19.6. The van der Waals surface area contributed by atoms with Gasteiger partial charge in [0.05, 0.1) is 19.3 Å². The third-order valence-corrected chi connectivity index (χ3v) is 5.10. The quantitative estimate of drug-likeness (QED) is 0.374. The smallest absolute Gasteiger partial charge is 0.193 e. The lowest BCUT2D eigenvalue weighted by atomic mass is 9.93. The van der Waals surface area contributed by atoms with Crippen molar-refractivity contribution in [3.63, 3.8) is 0 Å². The van der Waals surface area contributed by atoms with Gasteiger partial charge >= 0.3 is 0 Å². The third-order valence-electron chi connectivity index (χ3n) is 4.11. The monoisotopic (exact) mass is 487 g/mol. The van der Waals surface area contributed by atoms with Gasteiger partial charge in [0.2, 0.25) is 0 Å². The average Bonchev–Trinajstić information content (AvgIpc) is 3.05. The average molecular weight is 487 g/mol. The molecular weight excluding hydrogens is 461 g/mol. The number of anilines is 1. The van der Waals surface area contributed by atoms with Crippen LogP contribution in [-0.2, 0) is 16.8 Å². The summed E-state index contributed by atoms with van der Waals surface area (Å²) in [4.78, 5) is 5.88. The molecule has 1 aromatic carbocycles. The second kappa shape index (κ2) is 9.05. The molecule has 26 heavy (non-hydrogen) atoms. The van der Waals surface area contributed by atoms with Crippen LogP contribution < -0.4 is 15.8 Å². The molecule has 1 atom stereocenters. The van der Waals surface area contributed by atoms with Crippen LogP contribution in [0.4, 0.5) is 5.69 Å². The number of thiophene rings is 1. The van der Waals surface area contributed by atoms with E-state index in [1.807, 2.05) is 38.1 Å². The lowest BCUT2D eigenvalue weighted by Gasteiger charge is -2.33. The molecule has 142 valence electrons. The number of nitrogens with two attached hydrogens (primary N) is 1. The molecule has 0 bridgehead atoms. The number of aliphatic imine (C=N–C) groups is 1. The minimum Gasteiger partial charge on any atom is -0.491 e. The Morgan fingerprint density at radius 1 is 1.35 bits per heavy atom. The number of hydrogen-bond acceptors (Lipinski definition) is 4. The van der Waals surface area contributed by atoms with Gasteiger partial charge in [0.1, 0.15) is 11.4 Å². The van der Waals surface area contributed by atoms with E-state index in [0.29, 0.717) is 12.5 Å². The van der Waals surface area contributed by atoms with Gasteiger partial charge in [0.15, 0.2) is 5.96 Å². The summed E-state index contributed by atoms with van der Waals surface area (Å²) in [6.07, 6.45) is 1.13. The van der Waals surface area contributed by atoms with Gasteiger partial charge in [0, 0.05) is 17.0 Å². The van der Waals surface area contributed by atoms with E-state index in [0.717, 1.165) is 24.5 Å². The largest absolute Gasteiger partial charge is 0.491 e. The van der Waals surface area contributed by atoms with Gasteiger partial charge in [-0.1, -0.05) is 0 Å². The van der Waals surface area contributed by atoms with Crippen molar-refractivity contribution in [2.24, 2.45) is 10.7 Å². The van der Waals surface area contributed by atoms with Crippen molar-refractivity contribution in [3.8, 4) is 5.75 Å². The Labute approximate surface area is 176 Å². The van der Waals surface area contributed by atoms with Crippen molar-refractivity contribution in [1.29, 1.82) is 0 Å². The second-order valence-electron chi connectivity index (χ2n) is 6.60. The summed E-state index contributed by atoms with van der Waals surface area (Å²) in [5.41, 5.74) is 7.75. The highest BCUT2D eigenvalue weighted by Gasteiger charge is 2.33. The van der Waals surface area contributed by atoms with Crippen molar-refractivity contribution in [2.45, 2.75) is 38.9 Å². The van der Waals surface area contributed by atoms with E-state index >= 15 is 0 Å². The van der Waals surface area contributed by atoms with Gasteiger partial charge < -0.3 is 20.5 Å². The molecule has 3 N–H and O–H groups in total. The van der Waals surface area contributed by atoms with Crippen molar-refractivity contribution in [2.75, 3.05) is 18.5 Å². The van der Waals surface area contributed by atoms with E-state index < -0.39 is 5.60 Å². The van der Waals surface area contributed by atoms with E-state index in [-0.39, 0.29) is 30.1 Å². The maximum atomic E-state index is 6.05. The van der Waals surface area contributed by atoms with E-state index in [4.69, 9.17) is 15.2 Å². The van der Waals surface area contributed by atoms with E-state index in [1.165, 1.54) is 10.4 Å². The molecule has 0 saturated heterocycles. The number of ether oxygens (including phenoxy) is 2. The van der Waals surface area contributed by atoms with Crippen molar-refractivity contribution >= 4 is 47.0 Å². The van der Waals surface area contributed by atoms with Crippen LogP contribution in [0.1, 0.15) is 31.2 Å². The number of guanidine groups is 1. The second-order valence-corrected chi connectivity index (χ2v) is 7.60. The molecule has 5 nitrogen and oxygen atoms in total. The summed E-state index contributed by atoms with van der Waals surface area (Å²) in [5, 5.41) is 5.23. The van der Waals surface area contributed by atoms with Gasteiger partial charge in [-0.05, 0) is 62.0 Å². The number of nitrogens with zero attached hydrogens (tertiary/aromatic N) is 1. The molecule has 0 spiro atoms. The first-order valence-electron chi connectivity index (χ1n) is 8.51. The molecule has 0 aliphatic carbocycles. The number of benzene rings is 1. The van der Waals surface area contributed by atoms with Crippen molar-refractivity contribution in [1.82, 2.24) is 0 Å². The lowest BCUT2D eigenvalue weighted by Crippen LogP contribution is -2.36. The molecule has 2 aromatic rings. The minimum absolute atomic E-state index is 0. The van der Waals surface area contributed by atoms with Crippen LogP contribution in [0.25, 0.3) is 0 Å². The number of hydrogen-bond donors (Lipinski definition) is 2. The molecule has 1 aliphatic heterocycles. The van der Waals surface area contributed by atoms with Crippen LogP contribution in [0.2, 0.25) is 0 Å². The van der Waals surface area contributed by atoms with Crippen LogP contribution in [0.5, 0.6) is 5.75 Å². The molecule has 3 rings (SSSR count). The van der Waals surface area contributed by atoms with Gasteiger partial charge in [-0.15, -0.1) is 35.3 Å². The molecule has 1 unspecified atom stereocenters. The maximum Gasteiger partial charge on any atom is 0.193 e. The Bertz CT molecular complexity index is 745.